The van der Waals surface area contributed by atoms with Crippen molar-refractivity contribution in [3.8, 4) is 0 Å². The van der Waals surface area contributed by atoms with Crippen LogP contribution in [-0.4, -0.2) is 9.97 Å². The highest BCUT2D eigenvalue weighted by atomic mass is 35.5. The molecule has 0 saturated carbocycles. The molecule has 18 heavy (non-hydrogen) atoms. The van der Waals surface area contributed by atoms with Crippen molar-refractivity contribution in [2.24, 2.45) is 10.2 Å². The number of benzene rings is 1. The minimum absolute atomic E-state index is 0.246. The molecule has 6 heteroatoms. The minimum Gasteiger partial charge on any atom is -0.368 e. The lowest BCUT2D eigenvalue weighted by atomic mass is 10.3. The van der Waals surface area contributed by atoms with E-state index in [1.807, 2.05) is 13.8 Å². The fraction of sp³-hybridized carbons (Fsp3) is 0.167. The Morgan fingerprint density at radius 3 is 2.11 bits per heavy atom. The van der Waals surface area contributed by atoms with E-state index in [4.69, 9.17) is 17.3 Å². The van der Waals surface area contributed by atoms with Crippen LogP contribution in [0.15, 0.2) is 34.5 Å². The van der Waals surface area contributed by atoms with E-state index < -0.39 is 0 Å². The standard InChI is InChI=1S/C12H12ClN5/c1-7-11(8(2)16-12(14)15-7)18-17-10-5-3-9(13)4-6-10/h3-6H,1-2H3,(H2,14,15,16). The summed E-state index contributed by atoms with van der Waals surface area (Å²) in [7, 11) is 0. The number of rotatable bonds is 2. The first-order chi connectivity index (χ1) is 8.56. The molecule has 1 aromatic heterocycles. The van der Waals surface area contributed by atoms with Gasteiger partial charge in [0.05, 0.1) is 17.1 Å². The number of hydrogen-bond acceptors (Lipinski definition) is 5. The molecule has 0 atom stereocenters. The third-order valence-corrected chi connectivity index (χ3v) is 2.59. The van der Waals surface area contributed by atoms with E-state index >= 15 is 0 Å². The van der Waals surface area contributed by atoms with Crippen molar-refractivity contribution < 1.29 is 0 Å². The van der Waals surface area contributed by atoms with Crippen LogP contribution in [0.2, 0.25) is 5.02 Å². The lowest BCUT2D eigenvalue weighted by molar-refractivity contribution is 1.04. The molecule has 2 rings (SSSR count). The Balaban J connectivity index is 2.31. The number of nitrogens with two attached hydrogens (primary N) is 1. The maximum absolute atomic E-state index is 5.79. The summed E-state index contributed by atoms with van der Waals surface area (Å²) < 4.78 is 0. The van der Waals surface area contributed by atoms with E-state index in [0.717, 1.165) is 5.69 Å². The fourth-order valence-electron chi connectivity index (χ4n) is 1.50. The average molecular weight is 262 g/mol. The smallest absolute Gasteiger partial charge is 0.220 e. The zero-order valence-corrected chi connectivity index (χ0v) is 10.8. The van der Waals surface area contributed by atoms with Crippen LogP contribution < -0.4 is 5.73 Å². The van der Waals surface area contributed by atoms with Crippen molar-refractivity contribution in [2.45, 2.75) is 13.8 Å². The summed E-state index contributed by atoms with van der Waals surface area (Å²) in [6.45, 7) is 3.64. The third kappa shape index (κ3) is 2.81. The minimum atomic E-state index is 0.246. The van der Waals surface area contributed by atoms with Crippen LogP contribution in [0.4, 0.5) is 17.3 Å². The van der Waals surface area contributed by atoms with Crippen molar-refractivity contribution in [2.75, 3.05) is 5.73 Å². The summed E-state index contributed by atoms with van der Waals surface area (Å²) in [4.78, 5) is 8.11. The predicted octanol–water partition coefficient (Wildman–Crippen LogP) is 3.74. The van der Waals surface area contributed by atoms with Crippen LogP contribution in [-0.2, 0) is 0 Å². The molecule has 1 aromatic carbocycles. The number of aryl methyl sites for hydroxylation is 2. The molecule has 0 aliphatic carbocycles. The Labute approximate surface area is 110 Å². The molecule has 0 unspecified atom stereocenters. The van der Waals surface area contributed by atoms with Gasteiger partial charge in [-0.1, -0.05) is 11.6 Å². The molecular weight excluding hydrogens is 250 g/mol. The second-order valence-corrected chi connectivity index (χ2v) is 4.21. The number of halogens is 1. The summed E-state index contributed by atoms with van der Waals surface area (Å²) in [6.07, 6.45) is 0. The van der Waals surface area contributed by atoms with Crippen molar-refractivity contribution >= 4 is 28.9 Å². The number of azo groups is 1. The maximum Gasteiger partial charge on any atom is 0.220 e. The van der Waals surface area contributed by atoms with Gasteiger partial charge < -0.3 is 5.73 Å². The molecule has 5 nitrogen and oxygen atoms in total. The molecule has 0 spiro atoms. The van der Waals surface area contributed by atoms with Crippen LogP contribution in [0.1, 0.15) is 11.4 Å². The summed E-state index contributed by atoms with van der Waals surface area (Å²) in [5.74, 6) is 0.246. The molecule has 2 aromatic rings. The first-order valence-electron chi connectivity index (χ1n) is 5.34. The van der Waals surface area contributed by atoms with Gasteiger partial charge in [-0.25, -0.2) is 9.97 Å². The number of aromatic nitrogens is 2. The highest BCUT2D eigenvalue weighted by Gasteiger charge is 2.05. The maximum atomic E-state index is 5.79. The quantitative estimate of drug-likeness (QED) is 0.837. The predicted molar refractivity (Wildman–Crippen MR) is 71.5 cm³/mol. The first-order valence-corrected chi connectivity index (χ1v) is 5.72. The van der Waals surface area contributed by atoms with E-state index in [0.29, 0.717) is 22.1 Å². The van der Waals surface area contributed by atoms with Crippen molar-refractivity contribution in [3.05, 3.63) is 40.7 Å². The van der Waals surface area contributed by atoms with Crippen LogP contribution in [0.5, 0.6) is 0 Å². The zero-order valence-electron chi connectivity index (χ0n) is 10.1. The second kappa shape index (κ2) is 5.10. The van der Waals surface area contributed by atoms with E-state index in [-0.39, 0.29) is 5.95 Å². The molecular formula is C12H12ClN5. The molecule has 0 aliphatic rings. The number of nitrogens with zero attached hydrogens (tertiary/aromatic N) is 4. The lowest BCUT2D eigenvalue weighted by Crippen LogP contribution is -1.98. The molecule has 0 radical (unpaired) electrons. The van der Waals surface area contributed by atoms with Gasteiger partial charge in [0.1, 0.15) is 5.69 Å². The SMILES string of the molecule is Cc1nc(N)nc(C)c1N=Nc1ccc(Cl)cc1. The van der Waals surface area contributed by atoms with Crippen molar-refractivity contribution in [1.82, 2.24) is 9.97 Å². The molecule has 0 fully saturated rings. The van der Waals surface area contributed by atoms with Gasteiger partial charge in [-0.15, -0.1) is 5.11 Å². The Kier molecular flexibility index (Phi) is 3.53. The fourth-order valence-corrected chi connectivity index (χ4v) is 1.62. The summed E-state index contributed by atoms with van der Waals surface area (Å²) in [5, 5.41) is 8.93. The van der Waals surface area contributed by atoms with E-state index in [1.165, 1.54) is 0 Å². The molecule has 0 bridgehead atoms. The molecule has 0 aliphatic heterocycles. The van der Waals surface area contributed by atoms with Crippen LogP contribution in [0.25, 0.3) is 0 Å². The third-order valence-electron chi connectivity index (χ3n) is 2.34. The molecule has 0 amide bonds. The Morgan fingerprint density at radius 1 is 1.00 bits per heavy atom. The largest absolute Gasteiger partial charge is 0.368 e. The number of hydrogen-bond donors (Lipinski definition) is 1. The van der Waals surface area contributed by atoms with Gasteiger partial charge in [-0.3, -0.25) is 0 Å². The Hall–Kier alpha value is -2.01. The lowest BCUT2D eigenvalue weighted by Gasteiger charge is -2.02. The average Bonchev–Trinajstić information content (AvgIpc) is 2.30. The molecule has 2 N–H and O–H groups in total. The van der Waals surface area contributed by atoms with Crippen LogP contribution in [0, 0.1) is 13.8 Å². The zero-order chi connectivity index (χ0) is 13.1. The molecule has 1 heterocycles. The van der Waals surface area contributed by atoms with Gasteiger partial charge in [-0.2, -0.15) is 5.11 Å². The topological polar surface area (TPSA) is 76.5 Å². The van der Waals surface area contributed by atoms with E-state index in [9.17, 15) is 0 Å². The van der Waals surface area contributed by atoms with Crippen molar-refractivity contribution in [3.63, 3.8) is 0 Å². The van der Waals surface area contributed by atoms with Gasteiger partial charge in [0.25, 0.3) is 0 Å². The van der Waals surface area contributed by atoms with E-state index in [2.05, 4.69) is 20.2 Å². The van der Waals surface area contributed by atoms with Gasteiger partial charge >= 0.3 is 0 Å². The van der Waals surface area contributed by atoms with Gasteiger partial charge in [-0.05, 0) is 38.1 Å². The first kappa shape index (κ1) is 12.4. The molecule has 92 valence electrons. The van der Waals surface area contributed by atoms with Crippen LogP contribution in [0.3, 0.4) is 0 Å². The van der Waals surface area contributed by atoms with Gasteiger partial charge in [0.2, 0.25) is 5.95 Å². The number of nitrogen functional groups attached to an aromatic ring is 1. The van der Waals surface area contributed by atoms with Crippen LogP contribution >= 0.6 is 11.6 Å². The Bertz CT molecular complexity index is 569. The summed E-state index contributed by atoms with van der Waals surface area (Å²) in [6, 6.07) is 7.09. The monoisotopic (exact) mass is 261 g/mol. The van der Waals surface area contributed by atoms with Gasteiger partial charge in [0.15, 0.2) is 0 Å². The highest BCUT2D eigenvalue weighted by molar-refractivity contribution is 6.30. The second-order valence-electron chi connectivity index (χ2n) is 3.78. The van der Waals surface area contributed by atoms with Crippen molar-refractivity contribution in [1.29, 1.82) is 0 Å². The summed E-state index contributed by atoms with van der Waals surface area (Å²) >= 11 is 5.79. The Morgan fingerprint density at radius 2 is 1.56 bits per heavy atom. The number of anilines is 1. The van der Waals surface area contributed by atoms with Gasteiger partial charge in [0, 0.05) is 5.02 Å². The highest BCUT2D eigenvalue weighted by Crippen LogP contribution is 2.24. The summed E-state index contributed by atoms with van der Waals surface area (Å²) in [5.41, 5.74) is 8.31. The normalized spacial score (nSPS) is 11.1. The van der Waals surface area contributed by atoms with E-state index in [1.54, 1.807) is 24.3 Å². The molecule has 0 saturated heterocycles.